The van der Waals surface area contributed by atoms with Gasteiger partial charge in [0.25, 0.3) is 5.91 Å². The Balaban J connectivity index is 1.64. The summed E-state index contributed by atoms with van der Waals surface area (Å²) in [4.78, 5) is 26.7. The lowest BCUT2D eigenvalue weighted by Gasteiger charge is -2.05. The van der Waals surface area contributed by atoms with Crippen molar-refractivity contribution in [2.75, 3.05) is 11.9 Å². The van der Waals surface area contributed by atoms with E-state index in [1.54, 1.807) is 6.07 Å². The van der Waals surface area contributed by atoms with Crippen molar-refractivity contribution in [3.63, 3.8) is 0 Å². The number of nitrogens with one attached hydrogen (secondary N) is 2. The quantitative estimate of drug-likeness (QED) is 0.800. The summed E-state index contributed by atoms with van der Waals surface area (Å²) in [5.74, 6) is -1.24. The molecule has 6 nitrogen and oxygen atoms in total. The van der Waals surface area contributed by atoms with E-state index in [-0.39, 0.29) is 18.1 Å². The molecule has 1 aliphatic heterocycles. The Kier molecular flexibility index (Phi) is 3.57. The number of hydrogen-bond acceptors (Lipinski definition) is 5. The van der Waals surface area contributed by atoms with Gasteiger partial charge in [0.15, 0.2) is 5.69 Å². The molecular formula is C14H13N3O3S. The van der Waals surface area contributed by atoms with Crippen LogP contribution in [0.3, 0.4) is 0 Å². The van der Waals surface area contributed by atoms with Crippen LogP contribution in [-0.2, 0) is 13.0 Å². The lowest BCUT2D eigenvalue weighted by atomic mass is 10.1. The van der Waals surface area contributed by atoms with Crippen LogP contribution in [-0.4, -0.2) is 28.5 Å². The maximum Gasteiger partial charge on any atom is 0.355 e. The summed E-state index contributed by atoms with van der Waals surface area (Å²) in [6.45, 7) is 1.13. The largest absolute Gasteiger partial charge is 0.476 e. The number of hydrogen-bond donors (Lipinski definition) is 3. The minimum atomic E-state index is -1.06. The third-order valence-electron chi connectivity index (χ3n) is 3.25. The van der Waals surface area contributed by atoms with Crippen LogP contribution < -0.4 is 10.6 Å². The van der Waals surface area contributed by atoms with Gasteiger partial charge in [-0.15, -0.1) is 11.3 Å². The minimum Gasteiger partial charge on any atom is -0.476 e. The fourth-order valence-electron chi connectivity index (χ4n) is 2.19. The molecule has 0 atom stereocenters. The van der Waals surface area contributed by atoms with E-state index in [1.165, 1.54) is 16.7 Å². The Morgan fingerprint density at radius 2 is 2.29 bits per heavy atom. The molecule has 7 heteroatoms. The second kappa shape index (κ2) is 5.53. The number of carbonyl (C=O) groups is 2. The van der Waals surface area contributed by atoms with E-state index in [0.29, 0.717) is 10.6 Å². The molecule has 0 saturated carbocycles. The number of amides is 1. The molecule has 0 fully saturated rings. The molecule has 0 saturated heterocycles. The number of benzene rings is 1. The van der Waals surface area contributed by atoms with E-state index < -0.39 is 5.97 Å². The van der Waals surface area contributed by atoms with Crippen molar-refractivity contribution in [2.45, 2.75) is 13.0 Å². The first kappa shape index (κ1) is 13.6. The summed E-state index contributed by atoms with van der Waals surface area (Å²) in [7, 11) is 0. The number of carboxylic acids is 1. The van der Waals surface area contributed by atoms with Crippen molar-refractivity contribution < 1.29 is 14.7 Å². The number of thiazole rings is 1. The molecule has 0 spiro atoms. The standard InChI is InChI=1S/C14H13N3O3S/c18-13(9-1-2-10-8(5-9)3-4-15-10)16-6-12-17-11(7-21-12)14(19)20/h1-2,5,7,15H,3-4,6H2,(H,16,18)(H,19,20). The second-order valence-electron chi connectivity index (χ2n) is 4.66. The number of aromatic nitrogens is 1. The average Bonchev–Trinajstić information content (AvgIpc) is 3.12. The van der Waals surface area contributed by atoms with E-state index in [4.69, 9.17) is 5.11 Å². The van der Waals surface area contributed by atoms with Gasteiger partial charge in [0.2, 0.25) is 0 Å². The van der Waals surface area contributed by atoms with E-state index in [9.17, 15) is 9.59 Å². The zero-order valence-electron chi connectivity index (χ0n) is 11.0. The summed E-state index contributed by atoms with van der Waals surface area (Å²) in [6, 6.07) is 5.56. The van der Waals surface area contributed by atoms with Crippen LogP contribution in [0, 0.1) is 0 Å². The van der Waals surface area contributed by atoms with Gasteiger partial charge in [-0.05, 0) is 30.2 Å². The molecule has 1 amide bonds. The number of fused-ring (bicyclic) bond motifs is 1. The Hall–Kier alpha value is -2.41. The Morgan fingerprint density at radius 3 is 3.05 bits per heavy atom. The van der Waals surface area contributed by atoms with E-state index in [1.807, 2.05) is 12.1 Å². The summed E-state index contributed by atoms with van der Waals surface area (Å²) in [5, 5.41) is 16.8. The highest BCUT2D eigenvalue weighted by Crippen LogP contribution is 2.23. The first-order chi connectivity index (χ1) is 10.1. The Morgan fingerprint density at radius 1 is 1.43 bits per heavy atom. The molecule has 21 heavy (non-hydrogen) atoms. The van der Waals surface area contributed by atoms with E-state index >= 15 is 0 Å². The molecule has 0 bridgehead atoms. The predicted molar refractivity (Wildman–Crippen MR) is 78.9 cm³/mol. The Bertz CT molecular complexity index is 711. The smallest absolute Gasteiger partial charge is 0.355 e. The van der Waals surface area contributed by atoms with Gasteiger partial charge in [-0.1, -0.05) is 0 Å². The Labute approximate surface area is 124 Å². The molecule has 1 aromatic heterocycles. The van der Waals surface area contributed by atoms with Gasteiger partial charge in [-0.2, -0.15) is 0 Å². The maximum absolute atomic E-state index is 12.1. The van der Waals surface area contributed by atoms with Gasteiger partial charge >= 0.3 is 5.97 Å². The fourth-order valence-corrected chi connectivity index (χ4v) is 2.90. The predicted octanol–water partition coefficient (Wildman–Crippen LogP) is 1.74. The lowest BCUT2D eigenvalue weighted by Crippen LogP contribution is -2.22. The molecule has 0 aliphatic carbocycles. The van der Waals surface area contributed by atoms with Gasteiger partial charge in [0, 0.05) is 23.2 Å². The molecule has 3 N–H and O–H groups in total. The van der Waals surface area contributed by atoms with E-state index in [0.717, 1.165) is 24.2 Å². The summed E-state index contributed by atoms with van der Waals surface area (Å²) < 4.78 is 0. The normalized spacial score (nSPS) is 12.6. The van der Waals surface area contributed by atoms with Gasteiger partial charge < -0.3 is 15.7 Å². The fraction of sp³-hybridized carbons (Fsp3) is 0.214. The van der Waals surface area contributed by atoms with E-state index in [2.05, 4.69) is 15.6 Å². The highest BCUT2D eigenvalue weighted by molar-refractivity contribution is 7.09. The highest BCUT2D eigenvalue weighted by Gasteiger charge is 2.14. The minimum absolute atomic E-state index is 0.00727. The van der Waals surface area contributed by atoms with Crippen LogP contribution in [0.1, 0.15) is 31.4 Å². The van der Waals surface area contributed by atoms with Crippen molar-refractivity contribution in [3.05, 3.63) is 45.4 Å². The first-order valence-corrected chi connectivity index (χ1v) is 7.34. The molecule has 0 unspecified atom stereocenters. The van der Waals surface area contributed by atoms with Crippen molar-refractivity contribution in [1.29, 1.82) is 0 Å². The average molecular weight is 303 g/mol. The summed E-state index contributed by atoms with van der Waals surface area (Å²) in [6.07, 6.45) is 0.922. The molecule has 2 heterocycles. The SMILES string of the molecule is O=C(NCc1nc(C(=O)O)cs1)c1ccc2c(c1)CCN2. The number of carbonyl (C=O) groups excluding carboxylic acids is 1. The monoisotopic (exact) mass is 303 g/mol. The van der Waals surface area contributed by atoms with Gasteiger partial charge in [0.05, 0.1) is 6.54 Å². The second-order valence-corrected chi connectivity index (χ2v) is 5.61. The van der Waals surface area contributed by atoms with Crippen molar-refractivity contribution in [2.24, 2.45) is 0 Å². The van der Waals surface area contributed by atoms with Crippen molar-refractivity contribution in [1.82, 2.24) is 10.3 Å². The number of carboxylic acid groups (broad SMARTS) is 1. The molecule has 108 valence electrons. The number of aromatic carboxylic acids is 1. The number of rotatable bonds is 4. The molecule has 0 radical (unpaired) electrons. The van der Waals surface area contributed by atoms with Crippen LogP contribution in [0.2, 0.25) is 0 Å². The zero-order chi connectivity index (χ0) is 14.8. The highest BCUT2D eigenvalue weighted by atomic mass is 32.1. The summed E-state index contributed by atoms with van der Waals surface area (Å²) in [5.41, 5.74) is 2.84. The molecule has 1 aliphatic rings. The van der Waals surface area contributed by atoms with Gasteiger partial charge in [-0.25, -0.2) is 9.78 Å². The third-order valence-corrected chi connectivity index (χ3v) is 4.10. The van der Waals surface area contributed by atoms with Crippen molar-refractivity contribution >= 4 is 28.9 Å². The van der Waals surface area contributed by atoms with Crippen LogP contribution >= 0.6 is 11.3 Å². The topological polar surface area (TPSA) is 91.3 Å². The number of nitrogens with zero attached hydrogens (tertiary/aromatic N) is 1. The maximum atomic E-state index is 12.1. The van der Waals surface area contributed by atoms with Crippen LogP contribution in [0.15, 0.2) is 23.6 Å². The third kappa shape index (κ3) is 2.87. The van der Waals surface area contributed by atoms with Crippen molar-refractivity contribution in [3.8, 4) is 0 Å². The van der Waals surface area contributed by atoms with Crippen LogP contribution in [0.5, 0.6) is 0 Å². The number of anilines is 1. The molecular weight excluding hydrogens is 290 g/mol. The molecule has 1 aromatic carbocycles. The first-order valence-electron chi connectivity index (χ1n) is 6.46. The van der Waals surface area contributed by atoms with Gasteiger partial charge in [-0.3, -0.25) is 4.79 Å². The summed E-state index contributed by atoms with van der Waals surface area (Å²) >= 11 is 1.22. The zero-order valence-corrected chi connectivity index (χ0v) is 11.9. The molecule has 3 rings (SSSR count). The lowest BCUT2D eigenvalue weighted by molar-refractivity contribution is 0.0691. The van der Waals surface area contributed by atoms with Crippen LogP contribution in [0.25, 0.3) is 0 Å². The molecule has 2 aromatic rings. The van der Waals surface area contributed by atoms with Crippen LogP contribution in [0.4, 0.5) is 5.69 Å². The van der Waals surface area contributed by atoms with Gasteiger partial charge in [0.1, 0.15) is 5.01 Å².